The molecule has 0 heterocycles. The molecule has 37 heavy (non-hydrogen) atoms. The van der Waals surface area contributed by atoms with Crippen molar-refractivity contribution in [3.63, 3.8) is 0 Å². The molecule has 2 atom stereocenters. The number of benzene rings is 2. The van der Waals surface area contributed by atoms with Gasteiger partial charge in [-0.3, -0.25) is 4.79 Å². The number of carboxylic acids is 1. The van der Waals surface area contributed by atoms with E-state index in [9.17, 15) is 19.4 Å². The molecule has 0 bridgehead atoms. The molecule has 0 aliphatic heterocycles. The maximum absolute atomic E-state index is 13.8. The van der Waals surface area contributed by atoms with Crippen molar-refractivity contribution >= 4 is 12.0 Å². The summed E-state index contributed by atoms with van der Waals surface area (Å²) >= 11 is 0. The Kier molecular flexibility index (Phi) is 12.5. The highest BCUT2D eigenvalue weighted by molar-refractivity contribution is 5.85. The van der Waals surface area contributed by atoms with Gasteiger partial charge in [-0.05, 0) is 40.8 Å². The summed E-state index contributed by atoms with van der Waals surface area (Å²) in [7, 11) is 3.14. The Labute approximate surface area is 217 Å². The number of ether oxygens (including phenoxy) is 4. The van der Waals surface area contributed by atoms with E-state index in [0.29, 0.717) is 35.8 Å². The average Bonchev–Trinajstić information content (AvgIpc) is 2.83. The van der Waals surface area contributed by atoms with E-state index in [1.807, 2.05) is 19.9 Å². The molecule has 0 spiro atoms. The third kappa shape index (κ3) is 9.44. The van der Waals surface area contributed by atoms with Gasteiger partial charge in [0.05, 0.1) is 31.8 Å². The number of methoxy groups -OCH3 is 2. The van der Waals surface area contributed by atoms with Crippen LogP contribution in [-0.4, -0.2) is 74.1 Å². The van der Waals surface area contributed by atoms with Crippen molar-refractivity contribution in [1.29, 1.82) is 0 Å². The van der Waals surface area contributed by atoms with Crippen LogP contribution in [0.3, 0.4) is 0 Å². The maximum atomic E-state index is 13.8. The quantitative estimate of drug-likeness (QED) is 0.281. The molecule has 9 heteroatoms. The van der Waals surface area contributed by atoms with Gasteiger partial charge >= 0.3 is 5.97 Å². The Morgan fingerprint density at radius 1 is 1.00 bits per heavy atom. The predicted molar refractivity (Wildman–Crippen MR) is 139 cm³/mol. The van der Waals surface area contributed by atoms with E-state index in [2.05, 4.69) is 0 Å². The zero-order valence-corrected chi connectivity index (χ0v) is 21.8. The fraction of sp³-hybridized carbons (Fsp3) is 0.464. The van der Waals surface area contributed by atoms with Gasteiger partial charge in [0.1, 0.15) is 19.0 Å². The van der Waals surface area contributed by atoms with E-state index in [4.69, 9.17) is 24.1 Å². The lowest BCUT2D eigenvalue weighted by molar-refractivity contribution is -0.139. The third-order valence-corrected chi connectivity index (χ3v) is 5.56. The molecule has 0 saturated heterocycles. The molecule has 3 N–H and O–H groups in total. The molecule has 0 aliphatic carbocycles. The second-order valence-corrected chi connectivity index (χ2v) is 8.84. The topological polar surface area (TPSA) is 115 Å². The molecule has 2 aromatic rings. The van der Waals surface area contributed by atoms with Crippen LogP contribution in [0.2, 0.25) is 0 Å². The Balaban J connectivity index is 2.68. The van der Waals surface area contributed by atoms with E-state index >= 15 is 0 Å². The molecular weight excluding hydrogens is 483 g/mol. The van der Waals surface area contributed by atoms with Crippen LogP contribution < -0.4 is 9.47 Å². The van der Waals surface area contributed by atoms with Crippen molar-refractivity contribution in [2.24, 2.45) is 0 Å². The van der Waals surface area contributed by atoms with Crippen LogP contribution in [0.15, 0.2) is 36.4 Å². The summed E-state index contributed by atoms with van der Waals surface area (Å²) in [6, 6.07) is 7.86. The summed E-state index contributed by atoms with van der Waals surface area (Å²) < 4.78 is 36.2. The molecule has 0 aromatic heterocycles. The van der Waals surface area contributed by atoms with Crippen LogP contribution in [0.1, 0.15) is 43.7 Å². The van der Waals surface area contributed by atoms with Gasteiger partial charge in [-0.1, -0.05) is 38.1 Å². The zero-order valence-electron chi connectivity index (χ0n) is 21.8. The largest absolute Gasteiger partial charge is 0.487 e. The Hall–Kier alpha value is -2.98. The number of aliphatic carboxylic acids is 1. The van der Waals surface area contributed by atoms with Crippen LogP contribution >= 0.6 is 0 Å². The first-order valence-corrected chi connectivity index (χ1v) is 12.1. The van der Waals surface area contributed by atoms with Gasteiger partial charge in [0.2, 0.25) is 0 Å². The van der Waals surface area contributed by atoms with Crippen molar-refractivity contribution in [2.75, 3.05) is 40.6 Å². The monoisotopic (exact) mass is 520 g/mol. The van der Waals surface area contributed by atoms with Gasteiger partial charge in [-0.15, -0.1) is 0 Å². The Bertz CT molecular complexity index is 1020. The highest BCUT2D eigenvalue weighted by Gasteiger charge is 2.23. The van der Waals surface area contributed by atoms with E-state index in [1.54, 1.807) is 32.4 Å². The summed E-state index contributed by atoms with van der Waals surface area (Å²) in [5.41, 5.74) is 2.93. The van der Waals surface area contributed by atoms with Gasteiger partial charge in [-0.25, -0.2) is 4.39 Å². The van der Waals surface area contributed by atoms with Crippen LogP contribution in [0.4, 0.5) is 4.39 Å². The highest BCUT2D eigenvalue weighted by atomic mass is 19.1. The van der Waals surface area contributed by atoms with Gasteiger partial charge in [0, 0.05) is 26.2 Å². The normalized spacial score (nSPS) is 13.2. The number of hydrogen-bond donors (Lipinski definition) is 3. The van der Waals surface area contributed by atoms with Crippen LogP contribution in [0.25, 0.3) is 17.2 Å². The molecule has 0 amide bonds. The van der Waals surface area contributed by atoms with Crippen molar-refractivity contribution in [2.45, 2.75) is 44.8 Å². The first kappa shape index (κ1) is 30.2. The van der Waals surface area contributed by atoms with Crippen LogP contribution in [0, 0.1) is 5.82 Å². The second kappa shape index (κ2) is 15.3. The van der Waals surface area contributed by atoms with Gasteiger partial charge in [0.15, 0.2) is 11.5 Å². The summed E-state index contributed by atoms with van der Waals surface area (Å²) in [5.74, 6) is -0.574. The fourth-order valence-electron chi connectivity index (χ4n) is 3.80. The molecule has 0 fully saturated rings. The smallest absolute Gasteiger partial charge is 0.305 e. The lowest BCUT2D eigenvalue weighted by Crippen LogP contribution is -2.19. The summed E-state index contributed by atoms with van der Waals surface area (Å²) in [4.78, 5) is 10.9. The first-order chi connectivity index (χ1) is 17.7. The first-order valence-electron chi connectivity index (χ1n) is 12.1. The molecule has 204 valence electrons. The number of aliphatic hydroxyl groups is 2. The fourth-order valence-corrected chi connectivity index (χ4v) is 3.80. The molecule has 0 aliphatic rings. The zero-order chi connectivity index (χ0) is 27.4. The molecule has 2 aromatic carbocycles. The van der Waals surface area contributed by atoms with Gasteiger partial charge < -0.3 is 34.3 Å². The minimum atomic E-state index is -1.19. The second-order valence-electron chi connectivity index (χ2n) is 8.84. The van der Waals surface area contributed by atoms with E-state index < -0.39 is 24.6 Å². The molecule has 8 nitrogen and oxygen atoms in total. The van der Waals surface area contributed by atoms with Crippen molar-refractivity contribution < 1.29 is 43.5 Å². The standard InChI is InChI=1S/C28H37FO8/c1-18(2)24-17-25(36-13-11-34-3)28(37-14-12-35-4)27(19-5-7-20(29)8-6-19)23(24)10-9-21(30)15-22(31)16-26(32)33/h5-10,17-18,21-22,30-31H,11-16H2,1-4H3,(H,32,33). The third-order valence-electron chi connectivity index (χ3n) is 5.56. The van der Waals surface area contributed by atoms with Crippen molar-refractivity contribution in [3.05, 3.63) is 53.4 Å². The minimum Gasteiger partial charge on any atom is -0.487 e. The predicted octanol–water partition coefficient (Wildman–Crippen LogP) is 4.27. The van der Waals surface area contributed by atoms with E-state index in [1.165, 1.54) is 18.2 Å². The number of rotatable bonds is 16. The Morgan fingerprint density at radius 2 is 1.62 bits per heavy atom. The summed E-state index contributed by atoms with van der Waals surface area (Å²) in [6.07, 6.45) is 0.335. The highest BCUT2D eigenvalue weighted by Crippen LogP contribution is 2.45. The molecule has 2 rings (SSSR count). The number of carbonyl (C=O) groups is 1. The van der Waals surface area contributed by atoms with E-state index in [-0.39, 0.29) is 31.4 Å². The molecule has 0 saturated carbocycles. The van der Waals surface area contributed by atoms with Gasteiger partial charge in [0.25, 0.3) is 0 Å². The summed E-state index contributed by atoms with van der Waals surface area (Å²) in [6.45, 7) is 5.24. The van der Waals surface area contributed by atoms with Crippen LogP contribution in [0.5, 0.6) is 11.5 Å². The minimum absolute atomic E-state index is 0.0337. The van der Waals surface area contributed by atoms with E-state index in [0.717, 1.165) is 11.1 Å². The molecule has 2 unspecified atom stereocenters. The number of hydrogen-bond acceptors (Lipinski definition) is 7. The van der Waals surface area contributed by atoms with Gasteiger partial charge in [-0.2, -0.15) is 0 Å². The molecule has 0 radical (unpaired) electrons. The number of carboxylic acid groups (broad SMARTS) is 1. The maximum Gasteiger partial charge on any atom is 0.305 e. The number of halogens is 1. The van der Waals surface area contributed by atoms with Crippen molar-refractivity contribution in [3.8, 4) is 22.6 Å². The molecular formula is C28H37FO8. The number of aliphatic hydroxyl groups excluding tert-OH is 2. The van der Waals surface area contributed by atoms with Crippen LogP contribution in [-0.2, 0) is 14.3 Å². The van der Waals surface area contributed by atoms with Crippen molar-refractivity contribution in [1.82, 2.24) is 0 Å². The average molecular weight is 521 g/mol. The SMILES string of the molecule is COCCOc1cc(C(C)C)c(C=CC(O)CC(O)CC(=O)O)c(-c2ccc(F)cc2)c1OCCOC. The Morgan fingerprint density at radius 3 is 2.19 bits per heavy atom. The lowest BCUT2D eigenvalue weighted by Gasteiger charge is -2.23. The lowest BCUT2D eigenvalue weighted by atomic mass is 9.88. The summed E-state index contributed by atoms with van der Waals surface area (Å²) in [5, 5.41) is 29.3.